The summed E-state index contributed by atoms with van der Waals surface area (Å²) in [6, 6.07) is 0. The molecule has 0 amide bonds. The Morgan fingerprint density at radius 2 is 0.598 bits per heavy atom. The molecule has 2 unspecified atom stereocenters. The van der Waals surface area contributed by atoms with Gasteiger partial charge in [-0.3, -0.25) is 18.6 Å². The van der Waals surface area contributed by atoms with Gasteiger partial charge in [0, 0.05) is 19.4 Å². The molecule has 0 radical (unpaired) electrons. The lowest BCUT2D eigenvalue weighted by Gasteiger charge is -2.19. The highest BCUT2D eigenvalue weighted by Gasteiger charge is 2.26. The second-order valence-electron chi connectivity index (χ2n) is 25.9. The minimum atomic E-state index is -4.39. The molecule has 0 saturated heterocycles. The molecule has 0 aliphatic rings. The third kappa shape index (κ3) is 72.9. The number of carbonyl (C=O) groups is 2. The lowest BCUT2D eigenvalue weighted by atomic mass is 10.0. The van der Waals surface area contributed by atoms with Gasteiger partial charge < -0.3 is 20.1 Å². The van der Waals surface area contributed by atoms with Crippen molar-refractivity contribution in [2.24, 2.45) is 5.73 Å². The summed E-state index contributed by atoms with van der Waals surface area (Å²) in [6.07, 6.45) is 93.8. The van der Waals surface area contributed by atoms with Crippen molar-refractivity contribution in [1.82, 2.24) is 0 Å². The molecule has 512 valence electrons. The summed E-state index contributed by atoms with van der Waals surface area (Å²) < 4.78 is 33.2. The summed E-state index contributed by atoms with van der Waals surface area (Å²) in [4.78, 5) is 35.4. The fourth-order valence-electron chi connectivity index (χ4n) is 11.5. The SMILES string of the molecule is CCCCCCC/C=C\C/C=C\CCCCCCCCCCCCCCCCCCCCCCCCCCCCCC(=O)OC(COC(=O)CCCCCCCCCCCCCCCCC/C=C\C/C=C\CCCCCCC)COP(=O)(O)OCCN. The van der Waals surface area contributed by atoms with Crippen molar-refractivity contribution in [1.29, 1.82) is 0 Å². The molecule has 87 heavy (non-hydrogen) atoms. The van der Waals surface area contributed by atoms with Gasteiger partial charge in [0.2, 0.25) is 0 Å². The van der Waals surface area contributed by atoms with Crippen molar-refractivity contribution < 1.29 is 37.6 Å². The van der Waals surface area contributed by atoms with E-state index in [-0.39, 0.29) is 38.6 Å². The molecular formula is C77H146NO8P. The molecule has 0 saturated carbocycles. The van der Waals surface area contributed by atoms with Crippen molar-refractivity contribution in [3.63, 3.8) is 0 Å². The van der Waals surface area contributed by atoms with Crippen LogP contribution in [0, 0.1) is 0 Å². The molecule has 0 aromatic heterocycles. The number of hydrogen-bond acceptors (Lipinski definition) is 8. The van der Waals surface area contributed by atoms with E-state index in [1.807, 2.05) is 0 Å². The Balaban J connectivity index is 3.76. The summed E-state index contributed by atoms with van der Waals surface area (Å²) in [5, 5.41) is 0. The summed E-state index contributed by atoms with van der Waals surface area (Å²) in [7, 11) is -4.39. The first kappa shape index (κ1) is 85.0. The lowest BCUT2D eigenvalue weighted by Crippen LogP contribution is -2.29. The van der Waals surface area contributed by atoms with Crippen molar-refractivity contribution >= 4 is 19.8 Å². The highest BCUT2D eigenvalue weighted by Crippen LogP contribution is 2.43. The largest absolute Gasteiger partial charge is 0.472 e. The number of phosphoric ester groups is 1. The van der Waals surface area contributed by atoms with E-state index in [9.17, 15) is 19.0 Å². The van der Waals surface area contributed by atoms with Crippen molar-refractivity contribution in [2.75, 3.05) is 26.4 Å². The minimum absolute atomic E-state index is 0.0555. The topological polar surface area (TPSA) is 134 Å². The third-order valence-corrected chi connectivity index (χ3v) is 18.2. The van der Waals surface area contributed by atoms with Gasteiger partial charge in [0.1, 0.15) is 6.61 Å². The molecule has 3 N–H and O–H groups in total. The van der Waals surface area contributed by atoms with Gasteiger partial charge in [-0.2, -0.15) is 0 Å². The second-order valence-corrected chi connectivity index (χ2v) is 27.3. The first-order valence-corrected chi connectivity index (χ1v) is 39.6. The van der Waals surface area contributed by atoms with Crippen LogP contribution in [0.1, 0.15) is 399 Å². The van der Waals surface area contributed by atoms with Gasteiger partial charge in [0.15, 0.2) is 6.10 Å². The standard InChI is InChI=1S/C77H146NO8P/c1-3-5-7-9-11-13-15-17-19-21-23-25-27-29-31-32-33-34-35-36-37-38-39-40-41-42-44-46-48-50-52-54-56-58-60-62-64-66-68-70-77(80)86-75(74-85-87(81,82)84-72-71-78)73-83-76(79)69-67-65-63-61-59-57-55-53-51-49-47-45-43-30-28-26-24-22-20-18-16-14-12-10-8-6-4-2/h15-18,21-24,75H,3-14,19-20,25-74,78H2,1-2H3,(H,81,82)/b17-15-,18-16-,23-21-,24-22-. The Morgan fingerprint density at radius 3 is 0.874 bits per heavy atom. The molecule has 0 bridgehead atoms. The van der Waals surface area contributed by atoms with Gasteiger partial charge in [-0.1, -0.05) is 358 Å². The maximum Gasteiger partial charge on any atom is 0.472 e. The van der Waals surface area contributed by atoms with E-state index < -0.39 is 26.5 Å². The Morgan fingerprint density at radius 1 is 0.345 bits per heavy atom. The van der Waals surface area contributed by atoms with Crippen LogP contribution in [0.4, 0.5) is 0 Å². The molecule has 0 heterocycles. The normalized spacial score (nSPS) is 13.1. The fourth-order valence-corrected chi connectivity index (χ4v) is 12.3. The van der Waals surface area contributed by atoms with Crippen LogP contribution >= 0.6 is 7.82 Å². The van der Waals surface area contributed by atoms with E-state index in [4.69, 9.17) is 24.3 Å². The zero-order valence-electron chi connectivity index (χ0n) is 57.8. The number of carbonyl (C=O) groups excluding carboxylic acids is 2. The maximum absolute atomic E-state index is 12.8. The Hall–Kier alpha value is -2.03. The number of nitrogens with two attached hydrogens (primary N) is 1. The molecular weight excluding hydrogens is 1100 g/mol. The second kappa shape index (κ2) is 73.0. The van der Waals surface area contributed by atoms with E-state index in [0.29, 0.717) is 6.42 Å². The average Bonchev–Trinajstić information content (AvgIpc) is 3.64. The van der Waals surface area contributed by atoms with Crippen LogP contribution in [-0.2, 0) is 32.7 Å². The van der Waals surface area contributed by atoms with E-state index in [1.54, 1.807) is 0 Å². The average molecular weight is 1240 g/mol. The number of rotatable bonds is 73. The van der Waals surface area contributed by atoms with Crippen molar-refractivity contribution in [3.05, 3.63) is 48.6 Å². The van der Waals surface area contributed by atoms with Gasteiger partial charge in [0.05, 0.1) is 13.2 Å². The Labute approximate surface area is 540 Å². The monoisotopic (exact) mass is 1240 g/mol. The fraction of sp³-hybridized carbons (Fsp3) is 0.870. The van der Waals surface area contributed by atoms with Crippen LogP contribution < -0.4 is 5.73 Å². The highest BCUT2D eigenvalue weighted by molar-refractivity contribution is 7.47. The quantitative estimate of drug-likeness (QED) is 0.0264. The first-order valence-electron chi connectivity index (χ1n) is 38.1. The number of esters is 2. The van der Waals surface area contributed by atoms with Crippen LogP contribution in [-0.4, -0.2) is 49.3 Å². The number of hydrogen-bond donors (Lipinski definition) is 2. The van der Waals surface area contributed by atoms with E-state index >= 15 is 0 Å². The number of unbranched alkanes of at least 4 members (excludes halogenated alkanes) is 52. The zero-order valence-corrected chi connectivity index (χ0v) is 58.7. The van der Waals surface area contributed by atoms with Gasteiger partial charge >= 0.3 is 19.8 Å². The Bertz CT molecular complexity index is 1570. The van der Waals surface area contributed by atoms with Crippen LogP contribution in [0.3, 0.4) is 0 Å². The molecule has 0 spiro atoms. The van der Waals surface area contributed by atoms with Crippen LogP contribution in [0.2, 0.25) is 0 Å². The van der Waals surface area contributed by atoms with Crippen molar-refractivity contribution in [3.8, 4) is 0 Å². The summed E-state index contributed by atoms with van der Waals surface area (Å²) in [5.41, 5.74) is 5.41. The molecule has 9 nitrogen and oxygen atoms in total. The van der Waals surface area contributed by atoms with Gasteiger partial charge in [0.25, 0.3) is 0 Å². The number of allylic oxidation sites excluding steroid dienone is 8. The maximum atomic E-state index is 12.8. The predicted octanol–water partition coefficient (Wildman–Crippen LogP) is 25.2. The van der Waals surface area contributed by atoms with Gasteiger partial charge in [-0.15, -0.1) is 0 Å². The molecule has 0 aliphatic heterocycles. The first-order chi connectivity index (χ1) is 42.8. The smallest absolute Gasteiger partial charge is 0.462 e. The molecule has 2 atom stereocenters. The van der Waals surface area contributed by atoms with E-state index in [2.05, 4.69) is 62.5 Å². The van der Waals surface area contributed by atoms with Crippen LogP contribution in [0.15, 0.2) is 48.6 Å². The number of ether oxygens (including phenoxy) is 2. The van der Waals surface area contributed by atoms with E-state index in [1.165, 1.54) is 321 Å². The molecule has 10 heteroatoms. The van der Waals surface area contributed by atoms with E-state index in [0.717, 1.165) is 44.9 Å². The molecule has 0 fully saturated rings. The lowest BCUT2D eigenvalue weighted by molar-refractivity contribution is -0.161. The highest BCUT2D eigenvalue weighted by atomic mass is 31.2. The van der Waals surface area contributed by atoms with Crippen molar-refractivity contribution in [2.45, 2.75) is 405 Å². The molecule has 0 aromatic carbocycles. The van der Waals surface area contributed by atoms with Crippen LogP contribution in [0.25, 0.3) is 0 Å². The molecule has 0 aliphatic carbocycles. The Kier molecular flexibility index (Phi) is 71.3. The minimum Gasteiger partial charge on any atom is -0.462 e. The summed E-state index contributed by atoms with van der Waals surface area (Å²) >= 11 is 0. The third-order valence-electron chi connectivity index (χ3n) is 17.2. The summed E-state index contributed by atoms with van der Waals surface area (Å²) in [6.45, 7) is 3.79. The predicted molar refractivity (Wildman–Crippen MR) is 377 cm³/mol. The zero-order chi connectivity index (χ0) is 63.0. The van der Waals surface area contributed by atoms with Gasteiger partial charge in [-0.05, 0) is 77.0 Å². The summed E-state index contributed by atoms with van der Waals surface area (Å²) in [5.74, 6) is -0.806. The van der Waals surface area contributed by atoms with Gasteiger partial charge in [-0.25, -0.2) is 4.57 Å². The molecule has 0 rings (SSSR count). The van der Waals surface area contributed by atoms with Crippen LogP contribution in [0.5, 0.6) is 0 Å². The number of phosphoric acid groups is 1. The molecule has 0 aromatic rings.